The minimum atomic E-state index is -0.0230. The van der Waals surface area contributed by atoms with Crippen LogP contribution in [0.4, 0.5) is 5.69 Å². The molecule has 1 aliphatic rings. The molecule has 0 spiro atoms. The normalized spacial score (nSPS) is 21.6. The molecule has 0 aromatic carbocycles. The van der Waals surface area contributed by atoms with Gasteiger partial charge in [0.25, 0.3) is 0 Å². The number of carbonyl (C=O) groups is 1. The van der Waals surface area contributed by atoms with Gasteiger partial charge in [-0.3, -0.25) is 14.8 Å². The molecule has 3 rings (SSSR count). The number of nitrogens with zero attached hydrogens (tertiary/aromatic N) is 3. The van der Waals surface area contributed by atoms with E-state index in [2.05, 4.69) is 31.2 Å². The number of likely N-dealkylation sites (N-methyl/N-ethyl adjacent to an activating group) is 1. The van der Waals surface area contributed by atoms with Crippen LogP contribution < -0.4 is 5.32 Å². The van der Waals surface area contributed by atoms with E-state index in [9.17, 15) is 4.79 Å². The zero-order valence-corrected chi connectivity index (χ0v) is 13.1. The van der Waals surface area contributed by atoms with Crippen molar-refractivity contribution in [2.75, 3.05) is 12.4 Å². The Labute approximate surface area is 131 Å². The molecule has 0 radical (unpaired) electrons. The maximum absolute atomic E-state index is 12.1. The molecule has 21 heavy (non-hydrogen) atoms. The fraction of sp³-hybridized carbons (Fsp3) is 0.267. The molecule has 1 amide bonds. The van der Waals surface area contributed by atoms with Gasteiger partial charge in [-0.2, -0.15) is 0 Å². The molecule has 0 saturated carbocycles. The van der Waals surface area contributed by atoms with E-state index in [4.69, 9.17) is 0 Å². The van der Waals surface area contributed by atoms with Crippen molar-refractivity contribution in [2.24, 2.45) is 0 Å². The van der Waals surface area contributed by atoms with Gasteiger partial charge in [0, 0.05) is 36.5 Å². The summed E-state index contributed by atoms with van der Waals surface area (Å²) < 4.78 is 0.906. The molecule has 1 saturated heterocycles. The second kappa shape index (κ2) is 5.81. The van der Waals surface area contributed by atoms with Crippen molar-refractivity contribution in [3.8, 4) is 0 Å². The average Bonchev–Trinajstić information content (AvgIpc) is 2.75. The first-order valence-corrected chi connectivity index (χ1v) is 7.47. The maximum atomic E-state index is 12.1. The van der Waals surface area contributed by atoms with Crippen LogP contribution in [-0.4, -0.2) is 33.9 Å². The third-order valence-corrected chi connectivity index (χ3v) is 4.10. The van der Waals surface area contributed by atoms with E-state index in [0.29, 0.717) is 6.42 Å². The lowest BCUT2D eigenvalue weighted by molar-refractivity contribution is -0.127. The van der Waals surface area contributed by atoms with Crippen molar-refractivity contribution in [1.82, 2.24) is 14.9 Å². The number of amides is 1. The van der Waals surface area contributed by atoms with E-state index in [1.807, 2.05) is 31.4 Å². The molecular weight excluding hydrogens is 332 g/mol. The standard InChI is InChI=1S/C15H15BrN4O/c1-20-14(21)6-13(15(20)10-3-2-4-17-7-10)19-12-5-11(16)8-18-9-12/h2-5,7-9,13,15,19H,6H2,1H3/t13-,15+/m1/s1. The van der Waals surface area contributed by atoms with Crippen LogP contribution >= 0.6 is 15.9 Å². The first-order valence-electron chi connectivity index (χ1n) is 6.68. The molecule has 108 valence electrons. The molecule has 6 heteroatoms. The van der Waals surface area contributed by atoms with E-state index >= 15 is 0 Å². The molecule has 1 aliphatic heterocycles. The molecule has 3 heterocycles. The maximum Gasteiger partial charge on any atom is 0.225 e. The second-order valence-corrected chi connectivity index (χ2v) is 6.00. The molecule has 2 atom stereocenters. The van der Waals surface area contributed by atoms with Crippen LogP contribution in [0.25, 0.3) is 0 Å². The van der Waals surface area contributed by atoms with Crippen molar-refractivity contribution in [1.29, 1.82) is 0 Å². The highest BCUT2D eigenvalue weighted by molar-refractivity contribution is 9.10. The summed E-state index contributed by atoms with van der Waals surface area (Å²) in [5, 5.41) is 3.41. The molecule has 0 aliphatic carbocycles. The molecule has 2 aromatic heterocycles. The summed E-state index contributed by atoms with van der Waals surface area (Å²) in [6.45, 7) is 0. The van der Waals surface area contributed by atoms with Gasteiger partial charge < -0.3 is 10.2 Å². The van der Waals surface area contributed by atoms with E-state index < -0.39 is 0 Å². The van der Waals surface area contributed by atoms with Gasteiger partial charge in [0.1, 0.15) is 0 Å². The lowest BCUT2D eigenvalue weighted by atomic mass is 10.0. The third kappa shape index (κ3) is 2.90. The lowest BCUT2D eigenvalue weighted by Crippen LogP contribution is -2.29. The highest BCUT2D eigenvalue weighted by Gasteiger charge is 2.38. The fourth-order valence-corrected chi connectivity index (χ4v) is 3.08. The predicted molar refractivity (Wildman–Crippen MR) is 83.7 cm³/mol. The largest absolute Gasteiger partial charge is 0.378 e. The zero-order valence-electron chi connectivity index (χ0n) is 11.5. The molecule has 1 N–H and O–H groups in total. The van der Waals surface area contributed by atoms with E-state index in [1.54, 1.807) is 23.5 Å². The van der Waals surface area contributed by atoms with Crippen LogP contribution in [0.3, 0.4) is 0 Å². The van der Waals surface area contributed by atoms with Crippen LogP contribution in [0.2, 0.25) is 0 Å². The molecule has 0 bridgehead atoms. The van der Waals surface area contributed by atoms with Crippen LogP contribution in [0.15, 0.2) is 47.5 Å². The summed E-state index contributed by atoms with van der Waals surface area (Å²) in [6.07, 6.45) is 7.50. The number of nitrogens with one attached hydrogen (secondary N) is 1. The van der Waals surface area contributed by atoms with Gasteiger partial charge in [-0.15, -0.1) is 0 Å². The number of aromatic nitrogens is 2. The molecule has 0 unspecified atom stereocenters. The molecular formula is C15H15BrN4O. The summed E-state index contributed by atoms with van der Waals surface area (Å²) in [7, 11) is 1.83. The summed E-state index contributed by atoms with van der Waals surface area (Å²) in [6, 6.07) is 5.83. The Morgan fingerprint density at radius 3 is 2.90 bits per heavy atom. The SMILES string of the molecule is CN1C(=O)C[C@@H](Nc2cncc(Br)c2)[C@@H]1c1cccnc1. The third-order valence-electron chi connectivity index (χ3n) is 3.67. The monoisotopic (exact) mass is 346 g/mol. The summed E-state index contributed by atoms with van der Waals surface area (Å²) in [4.78, 5) is 22.1. The lowest BCUT2D eigenvalue weighted by Gasteiger charge is -2.26. The van der Waals surface area contributed by atoms with Crippen molar-refractivity contribution in [2.45, 2.75) is 18.5 Å². The molecule has 2 aromatic rings. The van der Waals surface area contributed by atoms with Gasteiger partial charge in [-0.25, -0.2) is 0 Å². The first kappa shape index (κ1) is 14.0. The van der Waals surface area contributed by atoms with Crippen LogP contribution in [0, 0.1) is 0 Å². The zero-order chi connectivity index (χ0) is 14.8. The van der Waals surface area contributed by atoms with Crippen LogP contribution in [0.1, 0.15) is 18.0 Å². The Bertz CT molecular complexity index is 649. The van der Waals surface area contributed by atoms with Gasteiger partial charge >= 0.3 is 0 Å². The Morgan fingerprint density at radius 1 is 1.33 bits per heavy atom. The first-order chi connectivity index (χ1) is 10.1. The van der Waals surface area contributed by atoms with Crippen molar-refractivity contribution in [3.63, 3.8) is 0 Å². The van der Waals surface area contributed by atoms with Gasteiger partial charge in [0.15, 0.2) is 0 Å². The minimum Gasteiger partial charge on any atom is -0.378 e. The number of likely N-dealkylation sites (tertiary alicyclic amines) is 1. The van der Waals surface area contributed by atoms with Crippen molar-refractivity contribution in [3.05, 3.63) is 53.0 Å². The quantitative estimate of drug-likeness (QED) is 0.927. The van der Waals surface area contributed by atoms with E-state index in [1.165, 1.54) is 0 Å². The van der Waals surface area contributed by atoms with E-state index in [0.717, 1.165) is 15.7 Å². The fourth-order valence-electron chi connectivity index (χ4n) is 2.71. The number of pyridine rings is 2. The van der Waals surface area contributed by atoms with Gasteiger partial charge in [-0.05, 0) is 33.6 Å². The number of rotatable bonds is 3. The van der Waals surface area contributed by atoms with Gasteiger partial charge in [0.05, 0.1) is 24.0 Å². The highest BCUT2D eigenvalue weighted by atomic mass is 79.9. The summed E-state index contributed by atoms with van der Waals surface area (Å²) >= 11 is 3.41. The number of hydrogen-bond donors (Lipinski definition) is 1. The number of hydrogen-bond acceptors (Lipinski definition) is 4. The topological polar surface area (TPSA) is 58.1 Å². The second-order valence-electron chi connectivity index (χ2n) is 5.08. The Kier molecular flexibility index (Phi) is 3.88. The molecule has 5 nitrogen and oxygen atoms in total. The molecule has 1 fully saturated rings. The number of halogens is 1. The van der Waals surface area contributed by atoms with Crippen LogP contribution in [0.5, 0.6) is 0 Å². The van der Waals surface area contributed by atoms with Crippen LogP contribution in [-0.2, 0) is 4.79 Å². The average molecular weight is 347 g/mol. The van der Waals surface area contributed by atoms with Gasteiger partial charge in [0.2, 0.25) is 5.91 Å². The minimum absolute atomic E-state index is 0.00259. The summed E-state index contributed by atoms with van der Waals surface area (Å²) in [5.41, 5.74) is 1.93. The Balaban J connectivity index is 1.87. The highest BCUT2D eigenvalue weighted by Crippen LogP contribution is 2.33. The number of anilines is 1. The van der Waals surface area contributed by atoms with E-state index in [-0.39, 0.29) is 18.0 Å². The number of carbonyl (C=O) groups excluding carboxylic acids is 1. The van der Waals surface area contributed by atoms with Crippen molar-refractivity contribution < 1.29 is 4.79 Å². The predicted octanol–water partition coefficient (Wildman–Crippen LogP) is 2.62. The van der Waals surface area contributed by atoms with Crippen molar-refractivity contribution >= 4 is 27.5 Å². The van der Waals surface area contributed by atoms with Gasteiger partial charge in [-0.1, -0.05) is 6.07 Å². The smallest absolute Gasteiger partial charge is 0.225 e. The Hall–Kier alpha value is -1.95. The Morgan fingerprint density at radius 2 is 2.19 bits per heavy atom. The summed E-state index contributed by atoms with van der Waals surface area (Å²) in [5.74, 6) is 0.129.